The zero-order valence-electron chi connectivity index (χ0n) is 37.4. The van der Waals surface area contributed by atoms with Gasteiger partial charge in [0.1, 0.15) is 5.83 Å². The quantitative estimate of drug-likeness (QED) is 0.302. The van der Waals surface area contributed by atoms with Gasteiger partial charge in [-0.15, -0.1) is 0 Å². The SMILES string of the molecule is C=C(/N=C1/C=CC=C/C1=C(/N)C1=CC=C(C2=CC=CCC2)CC1)C1=CCC(N2c3ccccc3C3C=C(C4=CC5c6c(ccc7c6CCC=C7)N(C6C=CC=C(F)C6)C5C=C4)C=CC32)C=C1. The summed E-state index contributed by atoms with van der Waals surface area (Å²) in [6, 6.07) is 14.0. The molecule has 2 heterocycles. The maximum Gasteiger partial charge on any atom is 0.102 e. The van der Waals surface area contributed by atoms with Gasteiger partial charge in [0.2, 0.25) is 0 Å². The largest absolute Gasteiger partial charge is 0.398 e. The zero-order chi connectivity index (χ0) is 44.3. The Balaban J connectivity index is 0.782. The molecule has 0 saturated carbocycles. The fourth-order valence-electron chi connectivity index (χ4n) is 12.1. The fourth-order valence-corrected chi connectivity index (χ4v) is 12.1. The van der Waals surface area contributed by atoms with Gasteiger partial charge in [-0.05, 0) is 125 Å². The second-order valence-corrected chi connectivity index (χ2v) is 19.0. The minimum Gasteiger partial charge on any atom is -0.398 e. The third kappa shape index (κ3) is 7.08. The van der Waals surface area contributed by atoms with Gasteiger partial charge in [-0.2, -0.15) is 0 Å². The Kier molecular flexibility index (Phi) is 10.3. The molecule has 0 radical (unpaired) electrons. The van der Waals surface area contributed by atoms with Crippen molar-refractivity contribution in [1.29, 1.82) is 0 Å². The van der Waals surface area contributed by atoms with Crippen LogP contribution in [-0.2, 0) is 6.42 Å². The number of aliphatic imine (C=N–C) groups is 1. The van der Waals surface area contributed by atoms with Gasteiger partial charge in [0.05, 0.1) is 35.6 Å². The highest BCUT2D eigenvalue weighted by atomic mass is 19.1. The Bertz CT molecular complexity index is 3000. The minimum absolute atomic E-state index is 0.0124. The van der Waals surface area contributed by atoms with E-state index in [4.69, 9.17) is 10.7 Å². The number of nitrogens with two attached hydrogens (primary N) is 1. The fraction of sp³-hybridized carbons (Fsp3) is 0.230. The molecule has 2 aromatic carbocycles. The van der Waals surface area contributed by atoms with E-state index in [0.717, 1.165) is 78.8 Å². The molecule has 0 spiro atoms. The van der Waals surface area contributed by atoms with Crippen LogP contribution in [0.25, 0.3) is 6.08 Å². The summed E-state index contributed by atoms with van der Waals surface area (Å²) in [5.41, 5.74) is 26.0. The molecule has 6 atom stereocenters. The predicted molar refractivity (Wildman–Crippen MR) is 273 cm³/mol. The zero-order valence-corrected chi connectivity index (χ0v) is 37.4. The monoisotopic (exact) mass is 862 g/mol. The molecule has 4 nitrogen and oxygen atoms in total. The van der Waals surface area contributed by atoms with E-state index >= 15 is 0 Å². The van der Waals surface area contributed by atoms with E-state index in [1.54, 1.807) is 6.08 Å². The lowest BCUT2D eigenvalue weighted by Gasteiger charge is -2.37. The molecule has 2 N–H and O–H groups in total. The van der Waals surface area contributed by atoms with Crippen molar-refractivity contribution in [2.45, 2.75) is 87.4 Å². The van der Waals surface area contributed by atoms with Gasteiger partial charge < -0.3 is 15.5 Å². The number of anilines is 2. The van der Waals surface area contributed by atoms with Crippen LogP contribution in [0.3, 0.4) is 0 Å². The van der Waals surface area contributed by atoms with Crippen molar-refractivity contribution >= 4 is 23.2 Å². The number of rotatable bonds is 7. The van der Waals surface area contributed by atoms with Crippen LogP contribution in [0.1, 0.15) is 79.0 Å². The molecule has 6 unspecified atom stereocenters. The van der Waals surface area contributed by atoms with Crippen LogP contribution in [0.5, 0.6) is 0 Å². The van der Waals surface area contributed by atoms with E-state index < -0.39 is 0 Å². The molecule has 10 aliphatic rings. The van der Waals surface area contributed by atoms with E-state index in [2.05, 4.69) is 162 Å². The summed E-state index contributed by atoms with van der Waals surface area (Å²) in [5, 5.41) is 0. The van der Waals surface area contributed by atoms with Crippen molar-refractivity contribution in [2.75, 3.05) is 9.80 Å². The van der Waals surface area contributed by atoms with Crippen LogP contribution in [-0.4, -0.2) is 29.9 Å². The molecular formula is C61H55FN4. The lowest BCUT2D eigenvalue weighted by molar-refractivity contribution is 0.525. The summed E-state index contributed by atoms with van der Waals surface area (Å²) >= 11 is 0. The molecule has 326 valence electrons. The summed E-state index contributed by atoms with van der Waals surface area (Å²) in [7, 11) is 0. The van der Waals surface area contributed by atoms with Gasteiger partial charge in [-0.3, -0.25) is 0 Å². The summed E-state index contributed by atoms with van der Waals surface area (Å²) in [5.74, 6) is 0.376. The molecular weight excluding hydrogens is 808 g/mol. The van der Waals surface area contributed by atoms with Gasteiger partial charge in [0.15, 0.2) is 0 Å². The maximum atomic E-state index is 14.8. The molecule has 0 bridgehead atoms. The van der Waals surface area contributed by atoms with Crippen LogP contribution in [0.15, 0.2) is 238 Å². The average Bonchev–Trinajstić information content (AvgIpc) is 3.89. The van der Waals surface area contributed by atoms with Crippen molar-refractivity contribution in [2.24, 2.45) is 10.7 Å². The Hall–Kier alpha value is -6.98. The van der Waals surface area contributed by atoms with Gasteiger partial charge >= 0.3 is 0 Å². The van der Waals surface area contributed by atoms with E-state index in [1.165, 1.54) is 55.9 Å². The summed E-state index contributed by atoms with van der Waals surface area (Å²) < 4.78 is 14.8. The van der Waals surface area contributed by atoms with Crippen molar-refractivity contribution in [3.8, 4) is 0 Å². The maximum absolute atomic E-state index is 14.8. The molecule has 0 aromatic heterocycles. The van der Waals surface area contributed by atoms with Crippen LogP contribution < -0.4 is 15.5 Å². The lowest BCUT2D eigenvalue weighted by Crippen LogP contribution is -2.41. The second-order valence-electron chi connectivity index (χ2n) is 19.0. The van der Waals surface area contributed by atoms with Crippen LogP contribution in [0, 0.1) is 0 Å². The van der Waals surface area contributed by atoms with Crippen LogP contribution in [0.2, 0.25) is 0 Å². The molecule has 5 heteroatoms. The molecule has 2 aromatic rings. The first-order valence-electron chi connectivity index (χ1n) is 24.1. The number of allylic oxidation sites excluding steroid dienone is 21. The summed E-state index contributed by atoms with van der Waals surface area (Å²) in [6.45, 7) is 4.47. The first-order valence-corrected chi connectivity index (χ1v) is 24.1. The molecule has 0 saturated heterocycles. The highest BCUT2D eigenvalue weighted by molar-refractivity contribution is 6.13. The molecule has 12 rings (SSSR count). The van der Waals surface area contributed by atoms with Crippen molar-refractivity contribution in [3.63, 3.8) is 0 Å². The standard InChI is InChI=1S/C61H55FN4/c1-39(64-55-20-9-7-19-52(55)61(63)44-24-22-42(23-25-44)41-12-3-2-4-13-41)40-26-31-48(32-27-40)65-56-21-10-8-18-51(56)53-36-45(29-33-57(53)65)46-30-34-58-54(37-46)60-50-17-6-5-14-43(50)28-35-59(60)66(58)49-16-11-15-47(62)38-49/h2-3,5,7-12,14-16,18-22,24,26-31,33-37,48-49,53-54,57-58H,1,4,6,13,17,23,25,32,38,63H2/b61-52-,64-55-. The number of para-hydroxylation sites is 1. The third-order valence-corrected chi connectivity index (χ3v) is 15.3. The van der Waals surface area contributed by atoms with Crippen LogP contribution >= 0.6 is 0 Å². The Morgan fingerprint density at radius 1 is 0.682 bits per heavy atom. The van der Waals surface area contributed by atoms with Gasteiger partial charge in [-0.1, -0.05) is 158 Å². The van der Waals surface area contributed by atoms with Crippen molar-refractivity contribution in [3.05, 3.63) is 255 Å². The smallest absolute Gasteiger partial charge is 0.102 e. The number of benzene rings is 2. The summed E-state index contributed by atoms with van der Waals surface area (Å²) in [4.78, 5) is 10.2. The Morgan fingerprint density at radius 3 is 2.29 bits per heavy atom. The average molecular weight is 863 g/mol. The third-order valence-electron chi connectivity index (χ3n) is 15.3. The van der Waals surface area contributed by atoms with Gasteiger partial charge in [-0.25, -0.2) is 9.38 Å². The minimum atomic E-state index is -0.0498. The number of fused-ring (bicyclic) bond motifs is 8. The lowest BCUT2D eigenvalue weighted by atomic mass is 9.79. The van der Waals surface area contributed by atoms with Crippen molar-refractivity contribution < 1.29 is 4.39 Å². The highest BCUT2D eigenvalue weighted by Gasteiger charge is 2.44. The normalized spacial score (nSPS) is 28.9. The van der Waals surface area contributed by atoms with E-state index in [-0.39, 0.29) is 41.8 Å². The van der Waals surface area contributed by atoms with Gasteiger partial charge in [0, 0.05) is 40.9 Å². The number of hydrogen-bond donors (Lipinski definition) is 1. The molecule has 2 aliphatic heterocycles. The summed E-state index contributed by atoms with van der Waals surface area (Å²) in [6.07, 6.45) is 58.5. The van der Waals surface area contributed by atoms with Crippen LogP contribution in [0.4, 0.5) is 15.8 Å². The second kappa shape index (κ2) is 16.8. The molecule has 0 fully saturated rings. The molecule has 66 heavy (non-hydrogen) atoms. The predicted octanol–water partition coefficient (Wildman–Crippen LogP) is 13.5. The van der Waals surface area contributed by atoms with E-state index in [9.17, 15) is 4.39 Å². The number of halogens is 1. The molecule has 8 aliphatic carbocycles. The van der Waals surface area contributed by atoms with E-state index in [1.807, 2.05) is 24.3 Å². The number of hydrogen-bond acceptors (Lipinski definition) is 4. The van der Waals surface area contributed by atoms with Crippen molar-refractivity contribution in [1.82, 2.24) is 0 Å². The highest BCUT2D eigenvalue weighted by Crippen LogP contribution is 2.52. The first kappa shape index (κ1) is 40.5. The first-order chi connectivity index (χ1) is 32.5. The topological polar surface area (TPSA) is 44.9 Å². The Morgan fingerprint density at radius 2 is 1.48 bits per heavy atom. The van der Waals surface area contributed by atoms with Gasteiger partial charge in [0.25, 0.3) is 0 Å². The van der Waals surface area contributed by atoms with E-state index in [0.29, 0.717) is 6.42 Å². The molecule has 0 amide bonds. The number of nitrogens with zero attached hydrogens (tertiary/aromatic N) is 3. The Labute approximate surface area is 389 Å².